The number of hydrogen-bond acceptors (Lipinski definition) is 6. The molecular formula is C18H12F6N4O6. The molecular weight excluding hydrogens is 482 g/mol. The van der Waals surface area contributed by atoms with Crippen LogP contribution < -0.4 is 10.6 Å². The monoisotopic (exact) mass is 494 g/mol. The fraction of sp³-hybridized carbons (Fsp3) is 0.222. The van der Waals surface area contributed by atoms with Crippen LogP contribution in [-0.2, 0) is 21.9 Å². The highest BCUT2D eigenvalue weighted by molar-refractivity contribution is 5.97. The van der Waals surface area contributed by atoms with Crippen LogP contribution in [0, 0.1) is 20.2 Å². The topological polar surface area (TPSA) is 144 Å². The van der Waals surface area contributed by atoms with Gasteiger partial charge in [-0.25, -0.2) is 0 Å². The van der Waals surface area contributed by atoms with Crippen LogP contribution >= 0.6 is 0 Å². The lowest BCUT2D eigenvalue weighted by Crippen LogP contribution is -2.18. The summed E-state index contributed by atoms with van der Waals surface area (Å²) in [5.41, 5.74) is -6.54. The van der Waals surface area contributed by atoms with E-state index in [0.29, 0.717) is 24.3 Å². The van der Waals surface area contributed by atoms with Crippen molar-refractivity contribution in [3.63, 3.8) is 0 Å². The van der Waals surface area contributed by atoms with E-state index in [-0.39, 0.29) is 0 Å². The molecule has 2 aromatic rings. The zero-order valence-electron chi connectivity index (χ0n) is 16.5. The molecule has 0 saturated heterocycles. The van der Waals surface area contributed by atoms with Crippen molar-refractivity contribution in [2.45, 2.75) is 25.2 Å². The Bertz CT molecular complexity index is 1060. The smallest absolute Gasteiger partial charge is 0.326 e. The lowest BCUT2D eigenvalue weighted by molar-refractivity contribution is -0.388. The van der Waals surface area contributed by atoms with E-state index in [1.165, 1.54) is 0 Å². The second-order valence-electron chi connectivity index (χ2n) is 6.57. The van der Waals surface area contributed by atoms with E-state index < -0.39 is 80.7 Å². The molecule has 0 fully saturated rings. The third kappa shape index (κ3) is 6.63. The summed E-state index contributed by atoms with van der Waals surface area (Å²) >= 11 is 0. The van der Waals surface area contributed by atoms with Crippen LogP contribution in [0.15, 0.2) is 36.4 Å². The summed E-state index contributed by atoms with van der Waals surface area (Å²) in [7, 11) is 0. The van der Waals surface area contributed by atoms with E-state index in [1.807, 2.05) is 10.6 Å². The van der Waals surface area contributed by atoms with Gasteiger partial charge < -0.3 is 10.6 Å². The zero-order valence-corrected chi connectivity index (χ0v) is 16.5. The fourth-order valence-corrected chi connectivity index (χ4v) is 2.67. The quantitative estimate of drug-likeness (QED) is 0.318. The minimum absolute atomic E-state index is 0.339. The van der Waals surface area contributed by atoms with Crippen LogP contribution in [0.25, 0.3) is 0 Å². The second kappa shape index (κ2) is 9.72. The lowest BCUT2D eigenvalue weighted by atomic mass is 10.1. The average molecular weight is 494 g/mol. The van der Waals surface area contributed by atoms with Gasteiger partial charge in [0, 0.05) is 36.3 Å². The fourth-order valence-electron chi connectivity index (χ4n) is 2.67. The van der Waals surface area contributed by atoms with Crippen molar-refractivity contribution < 1.29 is 45.8 Å². The van der Waals surface area contributed by atoms with Gasteiger partial charge in [0.15, 0.2) is 0 Å². The van der Waals surface area contributed by atoms with Crippen molar-refractivity contribution in [3.05, 3.63) is 67.8 Å². The molecule has 0 heterocycles. The van der Waals surface area contributed by atoms with Gasteiger partial charge in [-0.2, -0.15) is 26.3 Å². The maximum atomic E-state index is 13.0. The standard InChI is InChI=1S/C18H12F6N4O6/c19-17(20,21)11-7-9(1-3-13(11)27(31)32)25-15(29)5-6-16(30)26-10-2-4-14(28(33)34)12(8-10)18(22,23)24/h1-4,7-8H,5-6H2,(H,25,29)(H,26,30). The molecule has 0 atom stereocenters. The molecule has 16 heteroatoms. The number of anilines is 2. The molecule has 2 aromatic carbocycles. The number of nitrogens with one attached hydrogen (secondary N) is 2. The normalized spacial score (nSPS) is 11.6. The SMILES string of the molecule is O=C(CCC(=O)Nc1ccc([N+](=O)[O-])c(C(F)(F)F)c1)Nc1ccc([N+](=O)[O-])c(C(F)(F)F)c1. The molecule has 0 aliphatic heterocycles. The molecule has 10 nitrogen and oxygen atoms in total. The van der Waals surface area contributed by atoms with Gasteiger partial charge in [0.2, 0.25) is 11.8 Å². The van der Waals surface area contributed by atoms with Gasteiger partial charge >= 0.3 is 12.4 Å². The predicted octanol–water partition coefficient (Wildman–Crippen LogP) is 4.90. The summed E-state index contributed by atoms with van der Waals surface area (Å²) in [6.45, 7) is 0. The van der Waals surface area contributed by atoms with E-state index in [4.69, 9.17) is 0 Å². The van der Waals surface area contributed by atoms with Gasteiger partial charge in [-0.1, -0.05) is 0 Å². The zero-order chi connectivity index (χ0) is 25.8. The van der Waals surface area contributed by atoms with Crippen LogP contribution in [0.4, 0.5) is 49.1 Å². The van der Waals surface area contributed by atoms with E-state index in [0.717, 1.165) is 12.1 Å². The minimum atomic E-state index is -5.08. The van der Waals surface area contributed by atoms with Gasteiger partial charge in [-0.15, -0.1) is 0 Å². The Morgan fingerprint density at radius 1 is 0.706 bits per heavy atom. The number of rotatable bonds is 7. The number of nitro benzene ring substituents is 2. The number of alkyl halides is 6. The van der Waals surface area contributed by atoms with E-state index >= 15 is 0 Å². The highest BCUT2D eigenvalue weighted by Gasteiger charge is 2.39. The van der Waals surface area contributed by atoms with E-state index in [9.17, 15) is 56.2 Å². The minimum Gasteiger partial charge on any atom is -0.326 e. The second-order valence-corrected chi connectivity index (χ2v) is 6.57. The highest BCUT2D eigenvalue weighted by atomic mass is 19.4. The largest absolute Gasteiger partial charge is 0.423 e. The van der Waals surface area contributed by atoms with Crippen molar-refractivity contribution in [1.82, 2.24) is 0 Å². The number of carbonyl (C=O) groups is 2. The van der Waals surface area contributed by atoms with Gasteiger partial charge in [-0.05, 0) is 24.3 Å². The first-order valence-corrected chi connectivity index (χ1v) is 8.90. The van der Waals surface area contributed by atoms with Gasteiger partial charge in [0.25, 0.3) is 11.4 Å². The molecule has 0 radical (unpaired) electrons. The average Bonchev–Trinajstić information content (AvgIpc) is 2.70. The van der Waals surface area contributed by atoms with Crippen molar-refractivity contribution in [3.8, 4) is 0 Å². The third-order valence-corrected chi connectivity index (χ3v) is 4.14. The number of amides is 2. The van der Waals surface area contributed by atoms with Crippen LogP contribution in [-0.4, -0.2) is 21.7 Å². The first-order valence-electron chi connectivity index (χ1n) is 8.90. The molecule has 0 saturated carbocycles. The van der Waals surface area contributed by atoms with Gasteiger partial charge in [-0.3, -0.25) is 29.8 Å². The maximum absolute atomic E-state index is 13.0. The Morgan fingerprint density at radius 2 is 1.03 bits per heavy atom. The lowest BCUT2D eigenvalue weighted by Gasteiger charge is -2.11. The number of nitrogens with zero attached hydrogens (tertiary/aromatic N) is 2. The summed E-state index contributed by atoms with van der Waals surface area (Å²) in [6.07, 6.45) is -11.4. The third-order valence-electron chi connectivity index (χ3n) is 4.14. The Morgan fingerprint density at radius 3 is 1.29 bits per heavy atom. The summed E-state index contributed by atoms with van der Waals surface area (Å²) in [5.74, 6) is -1.92. The van der Waals surface area contributed by atoms with Crippen molar-refractivity contribution >= 4 is 34.6 Å². The van der Waals surface area contributed by atoms with E-state index in [1.54, 1.807) is 0 Å². The number of halogens is 6. The molecule has 0 aromatic heterocycles. The molecule has 0 aliphatic rings. The Kier molecular flexibility index (Phi) is 7.43. The predicted molar refractivity (Wildman–Crippen MR) is 103 cm³/mol. The Hall–Kier alpha value is -4.24. The van der Waals surface area contributed by atoms with Gasteiger partial charge in [0.1, 0.15) is 11.1 Å². The number of nitro groups is 2. The first kappa shape index (κ1) is 26.0. The Balaban J connectivity index is 2.04. The van der Waals surface area contributed by atoms with Crippen LogP contribution in [0.5, 0.6) is 0 Å². The molecule has 182 valence electrons. The summed E-state index contributed by atoms with van der Waals surface area (Å²) in [4.78, 5) is 42.8. The van der Waals surface area contributed by atoms with Gasteiger partial charge in [0.05, 0.1) is 9.85 Å². The molecule has 2 rings (SSSR count). The van der Waals surface area contributed by atoms with Crippen molar-refractivity contribution in [2.75, 3.05) is 10.6 Å². The molecule has 0 aliphatic carbocycles. The van der Waals surface area contributed by atoms with Crippen molar-refractivity contribution in [2.24, 2.45) is 0 Å². The molecule has 34 heavy (non-hydrogen) atoms. The Labute approximate surface area is 184 Å². The van der Waals surface area contributed by atoms with Crippen molar-refractivity contribution in [1.29, 1.82) is 0 Å². The van der Waals surface area contributed by atoms with Crippen LogP contribution in [0.1, 0.15) is 24.0 Å². The molecule has 2 N–H and O–H groups in total. The molecule has 0 unspecified atom stereocenters. The summed E-state index contributed by atoms with van der Waals surface area (Å²) < 4.78 is 77.9. The number of hydrogen-bond donors (Lipinski definition) is 2. The maximum Gasteiger partial charge on any atom is 0.423 e. The number of benzene rings is 2. The summed E-state index contributed by atoms with van der Waals surface area (Å²) in [6, 6.07) is 3.45. The van der Waals surface area contributed by atoms with Crippen LogP contribution in [0.2, 0.25) is 0 Å². The highest BCUT2D eigenvalue weighted by Crippen LogP contribution is 2.38. The van der Waals surface area contributed by atoms with E-state index in [2.05, 4.69) is 0 Å². The summed E-state index contributed by atoms with van der Waals surface area (Å²) in [5, 5.41) is 25.5. The first-order chi connectivity index (χ1) is 15.6. The molecule has 0 spiro atoms. The molecule has 0 bridgehead atoms. The number of carbonyl (C=O) groups excluding carboxylic acids is 2. The van der Waals surface area contributed by atoms with Crippen LogP contribution in [0.3, 0.4) is 0 Å². The molecule has 2 amide bonds.